The fraction of sp³-hybridized carbons (Fsp3) is 0.308. The van der Waals surface area contributed by atoms with Crippen molar-refractivity contribution in [2.24, 2.45) is 0 Å². The summed E-state index contributed by atoms with van der Waals surface area (Å²) in [6.07, 6.45) is 0. The predicted octanol–water partition coefficient (Wildman–Crippen LogP) is 3.95. The Morgan fingerprint density at radius 2 is 2.06 bits per heavy atom. The highest BCUT2D eigenvalue weighted by Crippen LogP contribution is 2.26. The van der Waals surface area contributed by atoms with Crippen molar-refractivity contribution >= 4 is 28.6 Å². The van der Waals surface area contributed by atoms with E-state index in [1.54, 1.807) is 11.3 Å². The average Bonchev–Trinajstić information content (AvgIpc) is 2.96. The van der Waals surface area contributed by atoms with Gasteiger partial charge in [0.25, 0.3) is 5.91 Å². The van der Waals surface area contributed by atoms with E-state index < -0.39 is 0 Å². The normalized spacial score (nSPS) is 12.4. The fourth-order valence-electron chi connectivity index (χ4n) is 1.65. The smallest absolute Gasteiger partial charge is 0.264 e. The minimum absolute atomic E-state index is 0.110. The molecule has 17 heavy (non-hydrogen) atoms. The predicted molar refractivity (Wildman–Crippen MR) is 73.9 cm³/mol. The molecule has 1 amide bonds. The maximum Gasteiger partial charge on any atom is 0.264 e. The van der Waals surface area contributed by atoms with Crippen LogP contribution in [-0.2, 0) is 0 Å². The van der Waals surface area contributed by atoms with Crippen molar-refractivity contribution in [3.63, 3.8) is 0 Å². The number of rotatable bonds is 3. The topological polar surface area (TPSA) is 20.3 Å². The van der Waals surface area contributed by atoms with Crippen LogP contribution in [0.25, 0.3) is 0 Å². The number of carbonyl (C=O) groups excluding carboxylic acids is 1. The van der Waals surface area contributed by atoms with Gasteiger partial charge in [-0.15, -0.1) is 22.7 Å². The monoisotopic (exact) mass is 265 g/mol. The van der Waals surface area contributed by atoms with Gasteiger partial charge in [-0.2, -0.15) is 0 Å². The van der Waals surface area contributed by atoms with Crippen molar-refractivity contribution in [1.29, 1.82) is 0 Å². The lowest BCUT2D eigenvalue weighted by molar-refractivity contribution is 0.0749. The highest BCUT2D eigenvalue weighted by Gasteiger charge is 2.21. The van der Waals surface area contributed by atoms with Gasteiger partial charge in [0.15, 0.2) is 0 Å². The molecule has 0 aliphatic rings. The maximum absolute atomic E-state index is 12.3. The van der Waals surface area contributed by atoms with Crippen molar-refractivity contribution in [2.75, 3.05) is 7.05 Å². The zero-order valence-electron chi connectivity index (χ0n) is 10.1. The number of aryl methyl sites for hydroxylation is 1. The SMILES string of the molecule is Cc1ccsc1C(=O)N(C)[C@H](C)c1cccs1. The van der Waals surface area contributed by atoms with Gasteiger partial charge in [-0.25, -0.2) is 0 Å². The first-order valence-corrected chi connectivity index (χ1v) is 7.22. The number of amides is 1. The van der Waals surface area contributed by atoms with Crippen LogP contribution in [0.5, 0.6) is 0 Å². The molecule has 0 bridgehead atoms. The summed E-state index contributed by atoms with van der Waals surface area (Å²) in [6, 6.07) is 6.21. The molecule has 0 unspecified atom stereocenters. The van der Waals surface area contributed by atoms with Gasteiger partial charge < -0.3 is 4.90 Å². The molecule has 0 aliphatic heterocycles. The second kappa shape index (κ2) is 5.02. The van der Waals surface area contributed by atoms with Gasteiger partial charge in [-0.05, 0) is 42.3 Å². The molecule has 2 aromatic rings. The van der Waals surface area contributed by atoms with Crippen molar-refractivity contribution in [3.05, 3.63) is 44.3 Å². The molecule has 0 N–H and O–H groups in total. The fourth-order valence-corrected chi connectivity index (χ4v) is 3.38. The molecule has 0 saturated heterocycles. The number of hydrogen-bond acceptors (Lipinski definition) is 3. The second-order valence-electron chi connectivity index (χ2n) is 4.04. The van der Waals surface area contributed by atoms with E-state index in [0.717, 1.165) is 10.4 Å². The standard InChI is InChI=1S/C13H15NOS2/c1-9-6-8-17-12(9)13(15)14(3)10(2)11-5-4-7-16-11/h4-8,10H,1-3H3/t10-/m1/s1. The Kier molecular flexibility index (Phi) is 3.64. The summed E-state index contributed by atoms with van der Waals surface area (Å²) in [4.78, 5) is 16.2. The number of nitrogens with zero attached hydrogens (tertiary/aromatic N) is 1. The summed E-state index contributed by atoms with van der Waals surface area (Å²) in [5.41, 5.74) is 1.06. The van der Waals surface area contributed by atoms with Crippen LogP contribution >= 0.6 is 22.7 Å². The van der Waals surface area contributed by atoms with Gasteiger partial charge in [-0.1, -0.05) is 6.07 Å². The van der Waals surface area contributed by atoms with E-state index in [1.807, 2.05) is 41.8 Å². The highest BCUT2D eigenvalue weighted by atomic mass is 32.1. The second-order valence-corrected chi connectivity index (χ2v) is 5.94. The van der Waals surface area contributed by atoms with E-state index in [9.17, 15) is 4.79 Å². The molecule has 4 heteroatoms. The van der Waals surface area contributed by atoms with E-state index >= 15 is 0 Å². The molecular formula is C13H15NOS2. The molecule has 2 aromatic heterocycles. The van der Waals surface area contributed by atoms with Gasteiger partial charge in [0, 0.05) is 11.9 Å². The summed E-state index contributed by atoms with van der Waals surface area (Å²) in [6.45, 7) is 4.04. The molecule has 90 valence electrons. The molecular weight excluding hydrogens is 250 g/mol. The van der Waals surface area contributed by atoms with Crippen molar-refractivity contribution < 1.29 is 4.79 Å². The summed E-state index contributed by atoms with van der Waals surface area (Å²) in [5, 5.41) is 4.01. The van der Waals surface area contributed by atoms with Gasteiger partial charge >= 0.3 is 0 Å². The molecule has 0 fully saturated rings. The third-order valence-electron chi connectivity index (χ3n) is 2.91. The first-order chi connectivity index (χ1) is 8.11. The Morgan fingerprint density at radius 3 is 2.59 bits per heavy atom. The largest absolute Gasteiger partial charge is 0.333 e. The molecule has 0 aliphatic carbocycles. The van der Waals surface area contributed by atoms with Crippen LogP contribution in [0, 0.1) is 6.92 Å². The molecule has 0 radical (unpaired) electrons. The van der Waals surface area contributed by atoms with Gasteiger partial charge in [-0.3, -0.25) is 4.79 Å². The molecule has 2 nitrogen and oxygen atoms in total. The maximum atomic E-state index is 12.3. The van der Waals surface area contributed by atoms with Crippen LogP contribution < -0.4 is 0 Å². The van der Waals surface area contributed by atoms with E-state index in [2.05, 4.69) is 13.0 Å². The number of carbonyl (C=O) groups is 1. The van der Waals surface area contributed by atoms with Gasteiger partial charge in [0.2, 0.25) is 0 Å². The Morgan fingerprint density at radius 1 is 1.29 bits per heavy atom. The van der Waals surface area contributed by atoms with Crippen molar-refractivity contribution in [2.45, 2.75) is 19.9 Å². The molecule has 0 saturated carbocycles. The quantitative estimate of drug-likeness (QED) is 0.823. The highest BCUT2D eigenvalue weighted by molar-refractivity contribution is 7.12. The van der Waals surface area contributed by atoms with Crippen LogP contribution in [0.1, 0.15) is 33.1 Å². The van der Waals surface area contributed by atoms with Crippen molar-refractivity contribution in [1.82, 2.24) is 4.90 Å². The summed E-state index contributed by atoms with van der Waals surface area (Å²) < 4.78 is 0. The summed E-state index contributed by atoms with van der Waals surface area (Å²) in [5.74, 6) is 0.110. The minimum Gasteiger partial charge on any atom is -0.333 e. The summed E-state index contributed by atoms with van der Waals surface area (Å²) in [7, 11) is 1.87. The first-order valence-electron chi connectivity index (χ1n) is 5.46. The molecule has 1 atom stereocenters. The van der Waals surface area contributed by atoms with Crippen LogP contribution in [-0.4, -0.2) is 17.9 Å². The summed E-state index contributed by atoms with van der Waals surface area (Å²) >= 11 is 3.20. The Bertz CT molecular complexity index is 501. The molecule has 0 aromatic carbocycles. The Balaban J connectivity index is 2.18. The molecule has 0 spiro atoms. The van der Waals surface area contributed by atoms with Gasteiger partial charge in [0.1, 0.15) is 0 Å². The molecule has 2 rings (SSSR count). The molecule has 2 heterocycles. The number of thiophene rings is 2. The third kappa shape index (κ3) is 2.42. The third-order valence-corrected chi connectivity index (χ3v) is 4.96. The van der Waals surface area contributed by atoms with E-state index in [-0.39, 0.29) is 11.9 Å². The first kappa shape index (κ1) is 12.3. The van der Waals surface area contributed by atoms with Crippen LogP contribution in [0.15, 0.2) is 29.0 Å². The van der Waals surface area contributed by atoms with E-state index in [1.165, 1.54) is 16.2 Å². The average molecular weight is 265 g/mol. The van der Waals surface area contributed by atoms with Gasteiger partial charge in [0.05, 0.1) is 10.9 Å². The van der Waals surface area contributed by atoms with E-state index in [4.69, 9.17) is 0 Å². The lowest BCUT2D eigenvalue weighted by Crippen LogP contribution is -2.29. The van der Waals surface area contributed by atoms with Crippen LogP contribution in [0.3, 0.4) is 0 Å². The van der Waals surface area contributed by atoms with Crippen LogP contribution in [0.4, 0.5) is 0 Å². The lowest BCUT2D eigenvalue weighted by atomic mass is 10.2. The zero-order valence-corrected chi connectivity index (χ0v) is 11.8. The zero-order chi connectivity index (χ0) is 12.4. The minimum atomic E-state index is 0.110. The van der Waals surface area contributed by atoms with Crippen LogP contribution in [0.2, 0.25) is 0 Å². The lowest BCUT2D eigenvalue weighted by Gasteiger charge is -2.23. The Hall–Kier alpha value is -1.13. The Labute approximate surface area is 110 Å². The van der Waals surface area contributed by atoms with Crippen molar-refractivity contribution in [3.8, 4) is 0 Å². The van der Waals surface area contributed by atoms with E-state index in [0.29, 0.717) is 0 Å². The number of hydrogen-bond donors (Lipinski definition) is 0.